The van der Waals surface area contributed by atoms with Crippen molar-refractivity contribution in [3.63, 3.8) is 0 Å². The first-order chi connectivity index (χ1) is 35.1. The molecule has 30 nitrogen and oxygen atoms in total. The number of esters is 2. The molecule has 6 unspecified atom stereocenters. The molecule has 5 aromatic rings. The second kappa shape index (κ2) is 23.9. The SMILES string of the molecule is C#CCCC1(C)O[C@@H]2[C@@H](CO)OC(n3cnc4c(N)ncnc43)[C@@H]2O1.CC(O)C(=O)OC(C)C(=O)OCCOCCn1nncc1CCC1(C)O[C@@H]2[C@@H](CO)OC(n3cnc4c(N)ncnc43)[C@@H]2O1.CN=[N+]=[N-]. The molecule has 30 heteroatoms. The number of aliphatic hydroxyl groups excluding tert-OH is 3. The van der Waals surface area contributed by atoms with E-state index in [4.69, 9.17) is 71.2 Å². The summed E-state index contributed by atoms with van der Waals surface area (Å²) in [5, 5.41) is 39.9. The molecule has 73 heavy (non-hydrogen) atoms. The summed E-state index contributed by atoms with van der Waals surface area (Å²) >= 11 is 0. The maximum absolute atomic E-state index is 11.9. The van der Waals surface area contributed by atoms with Crippen molar-refractivity contribution >= 4 is 45.9 Å². The summed E-state index contributed by atoms with van der Waals surface area (Å²) in [5.41, 5.74) is 21.9. The molecule has 12 atom stereocenters. The van der Waals surface area contributed by atoms with Gasteiger partial charge in [0, 0.05) is 31.2 Å². The highest BCUT2D eigenvalue weighted by Crippen LogP contribution is 2.47. The van der Waals surface area contributed by atoms with Gasteiger partial charge in [-0.2, -0.15) is 0 Å². The first kappa shape index (κ1) is 54.0. The van der Waals surface area contributed by atoms with E-state index in [0.29, 0.717) is 60.4 Å². The molecule has 9 rings (SSSR count). The van der Waals surface area contributed by atoms with Gasteiger partial charge in [-0.3, -0.25) is 9.13 Å². The molecule has 4 fully saturated rings. The predicted octanol–water partition coefficient (Wildman–Crippen LogP) is 0.0333. The number of imidazole rings is 2. The lowest BCUT2D eigenvalue weighted by Crippen LogP contribution is -2.34. The molecular formula is C43H58N16O14. The van der Waals surface area contributed by atoms with Gasteiger partial charge in [0.15, 0.2) is 53.1 Å². The number of anilines is 2. The number of nitrogens with zero attached hydrogens (tertiary/aromatic N) is 14. The fourth-order valence-electron chi connectivity index (χ4n) is 8.46. The van der Waals surface area contributed by atoms with Crippen molar-refractivity contribution in [2.75, 3.05) is 51.5 Å². The molecule has 0 saturated carbocycles. The molecule has 0 spiro atoms. The van der Waals surface area contributed by atoms with Gasteiger partial charge in [0.25, 0.3) is 0 Å². The number of carbonyl (C=O) groups is 2. The maximum Gasteiger partial charge on any atom is 0.347 e. The summed E-state index contributed by atoms with van der Waals surface area (Å²) < 4.78 is 57.5. The van der Waals surface area contributed by atoms with Gasteiger partial charge in [-0.1, -0.05) is 10.3 Å². The van der Waals surface area contributed by atoms with Crippen LogP contribution >= 0.6 is 0 Å². The fourth-order valence-corrected chi connectivity index (χ4v) is 8.46. The lowest BCUT2D eigenvalue weighted by atomic mass is 10.1. The number of nitrogens with two attached hydrogens (primary N) is 2. The van der Waals surface area contributed by atoms with E-state index in [1.807, 2.05) is 13.8 Å². The Morgan fingerprint density at radius 1 is 0.849 bits per heavy atom. The van der Waals surface area contributed by atoms with Crippen LogP contribution < -0.4 is 11.5 Å². The summed E-state index contributed by atoms with van der Waals surface area (Å²) in [6.45, 7) is 6.60. The van der Waals surface area contributed by atoms with Gasteiger partial charge in [0.05, 0.1) is 57.5 Å². The maximum atomic E-state index is 11.9. The summed E-state index contributed by atoms with van der Waals surface area (Å²) in [6.07, 6.45) is 8.25. The minimum Gasteiger partial charge on any atom is -0.461 e. The van der Waals surface area contributed by atoms with Crippen LogP contribution in [0.4, 0.5) is 11.6 Å². The van der Waals surface area contributed by atoms with Crippen LogP contribution in [0.1, 0.15) is 65.1 Å². The van der Waals surface area contributed by atoms with Crippen LogP contribution in [0.15, 0.2) is 36.6 Å². The van der Waals surface area contributed by atoms with Gasteiger partial charge in [-0.25, -0.2) is 44.2 Å². The second-order valence-electron chi connectivity index (χ2n) is 17.2. The number of aliphatic hydroxyl groups is 3. The minimum absolute atomic E-state index is 0.0380. The van der Waals surface area contributed by atoms with Crippen molar-refractivity contribution in [2.24, 2.45) is 5.11 Å². The Hall–Kier alpha value is -6.75. The zero-order chi connectivity index (χ0) is 52.5. The topological polar surface area (TPSA) is 397 Å². The van der Waals surface area contributed by atoms with Gasteiger partial charge in [-0.05, 0) is 39.6 Å². The Bertz CT molecular complexity index is 2760. The Balaban J connectivity index is 0.000000225. The smallest absolute Gasteiger partial charge is 0.347 e. The van der Waals surface area contributed by atoms with Crippen molar-refractivity contribution in [2.45, 2.75) is 133 Å². The molecule has 0 amide bonds. The molecule has 394 valence electrons. The number of hydrogen-bond donors (Lipinski definition) is 5. The second-order valence-corrected chi connectivity index (χ2v) is 17.2. The average Bonchev–Trinajstić information content (AvgIpc) is 4.26. The minimum atomic E-state index is -1.33. The van der Waals surface area contributed by atoms with E-state index < -0.39 is 84.8 Å². The molecule has 5 aromatic heterocycles. The molecule has 7 N–H and O–H groups in total. The lowest BCUT2D eigenvalue weighted by Gasteiger charge is -2.27. The van der Waals surface area contributed by atoms with Crippen LogP contribution in [0, 0.1) is 12.3 Å². The highest BCUT2D eigenvalue weighted by Gasteiger charge is 2.58. The Morgan fingerprint density at radius 2 is 1.38 bits per heavy atom. The third-order valence-electron chi connectivity index (χ3n) is 12.0. The van der Waals surface area contributed by atoms with E-state index >= 15 is 0 Å². The van der Waals surface area contributed by atoms with E-state index in [0.717, 1.165) is 5.69 Å². The van der Waals surface area contributed by atoms with Crippen molar-refractivity contribution in [1.29, 1.82) is 0 Å². The van der Waals surface area contributed by atoms with Crippen LogP contribution in [0.25, 0.3) is 32.8 Å². The lowest BCUT2D eigenvalue weighted by molar-refractivity contribution is -0.212. The molecule has 4 aliphatic rings. The molecule has 4 saturated heterocycles. The zero-order valence-corrected chi connectivity index (χ0v) is 40.6. The zero-order valence-electron chi connectivity index (χ0n) is 40.6. The summed E-state index contributed by atoms with van der Waals surface area (Å²) in [4.78, 5) is 50.7. The Labute approximate surface area is 416 Å². The number of aromatic nitrogens is 11. The standard InChI is InChI=1S/C26H36N8O10.C16H19N5O4.CH3N3/c1-14(36)24(37)41-15(2)25(38)40-9-8-39-7-6-34-16(10-31-32-34)4-5-26(3)43-19-17(11-35)42-23(20(19)44-26)33-13-30-18-21(27)28-12-29-22(18)33;1-3-4-5-16(2)24-11-9(6-22)23-15(12(11)25-16)21-8-20-10-13(17)18-7-19-14(10)21;1-3-4-2/h10,12-15,17,19-20,23,35-36H,4-9,11H2,1-3H3,(H2,27,28,29);1,7-9,11-12,15,22H,4-6H2,2H3,(H2,17,18,19);1H3/t14?,15?,17-,19-,20-,23?,26?;9-,11-,12-,15?,16?;/m11./s1. The third-order valence-corrected chi connectivity index (χ3v) is 12.0. The molecule has 0 aromatic carbocycles. The van der Waals surface area contributed by atoms with Crippen LogP contribution in [0.5, 0.6) is 0 Å². The summed E-state index contributed by atoms with van der Waals surface area (Å²) in [5.74, 6) is -0.314. The molecule has 0 aliphatic carbocycles. The Kier molecular flexibility index (Phi) is 17.7. The number of rotatable bonds is 18. The number of nitrogen functional groups attached to an aromatic ring is 2. The van der Waals surface area contributed by atoms with Crippen LogP contribution in [0.3, 0.4) is 0 Å². The summed E-state index contributed by atoms with van der Waals surface area (Å²) in [6, 6.07) is 0. The molecular weight excluding hydrogens is 965 g/mol. The van der Waals surface area contributed by atoms with Crippen molar-refractivity contribution in [3.8, 4) is 12.3 Å². The van der Waals surface area contributed by atoms with E-state index in [2.05, 4.69) is 56.2 Å². The number of terminal acetylenes is 1. The molecule has 0 radical (unpaired) electrons. The van der Waals surface area contributed by atoms with Gasteiger partial charge in [-0.15, -0.1) is 17.4 Å². The Morgan fingerprint density at radius 3 is 1.89 bits per heavy atom. The number of carbonyl (C=O) groups excluding carboxylic acids is 2. The summed E-state index contributed by atoms with van der Waals surface area (Å²) in [7, 11) is 1.39. The molecule has 4 aliphatic heterocycles. The number of hydrogen-bond acceptors (Lipinski definition) is 25. The van der Waals surface area contributed by atoms with E-state index in [9.17, 15) is 19.8 Å². The number of ether oxygens (including phenoxy) is 9. The normalized spacial score (nSPS) is 27.7. The molecule has 0 bridgehead atoms. The number of aryl methyl sites for hydroxylation is 1. The van der Waals surface area contributed by atoms with E-state index in [1.54, 1.807) is 32.7 Å². The van der Waals surface area contributed by atoms with Gasteiger partial charge >= 0.3 is 11.9 Å². The largest absolute Gasteiger partial charge is 0.461 e. The fraction of sp³-hybridized carbons (Fsp3) is 0.628. The monoisotopic (exact) mass is 1020 g/mol. The quantitative estimate of drug-likeness (QED) is 0.0193. The highest BCUT2D eigenvalue weighted by atomic mass is 16.8. The molecule has 9 heterocycles. The van der Waals surface area contributed by atoms with Gasteiger partial charge < -0.3 is 69.4 Å². The van der Waals surface area contributed by atoms with Crippen molar-refractivity contribution in [1.82, 2.24) is 54.0 Å². The van der Waals surface area contributed by atoms with Crippen LogP contribution in [-0.4, -0.2) is 182 Å². The van der Waals surface area contributed by atoms with Gasteiger partial charge in [0.1, 0.15) is 73.0 Å². The first-order valence-corrected chi connectivity index (χ1v) is 23.0. The van der Waals surface area contributed by atoms with Crippen molar-refractivity contribution in [3.05, 3.63) is 47.6 Å². The average molecular weight is 1020 g/mol. The van der Waals surface area contributed by atoms with Crippen molar-refractivity contribution < 1.29 is 67.5 Å². The third kappa shape index (κ3) is 12.2. The van der Waals surface area contributed by atoms with E-state index in [1.165, 1.54) is 33.5 Å². The highest BCUT2D eigenvalue weighted by molar-refractivity contribution is 5.82. The van der Waals surface area contributed by atoms with Crippen LogP contribution in [-0.2, 0) is 65.2 Å². The van der Waals surface area contributed by atoms with E-state index in [-0.39, 0.29) is 38.9 Å². The number of fused-ring (bicyclic) bond motifs is 4. The van der Waals surface area contributed by atoms with Gasteiger partial charge in [0.2, 0.25) is 0 Å². The number of azide groups is 1. The first-order valence-electron chi connectivity index (χ1n) is 23.0. The van der Waals surface area contributed by atoms with Crippen LogP contribution in [0.2, 0.25) is 0 Å². The predicted molar refractivity (Wildman–Crippen MR) is 248 cm³/mol.